The molecule has 0 aliphatic heterocycles. The predicted octanol–water partition coefficient (Wildman–Crippen LogP) is 8.00. The van der Waals surface area contributed by atoms with Gasteiger partial charge >= 0.3 is 0 Å². The third kappa shape index (κ3) is 3.91. The van der Waals surface area contributed by atoms with Gasteiger partial charge in [-0.05, 0) is 40.6 Å². The van der Waals surface area contributed by atoms with Gasteiger partial charge in [-0.1, -0.05) is 67.6 Å². The number of para-hydroxylation sites is 3. The second kappa shape index (κ2) is 9.95. The van der Waals surface area contributed by atoms with E-state index in [2.05, 4.69) is 144 Å². The Kier molecular flexibility index (Phi) is 6.47. The van der Waals surface area contributed by atoms with Crippen LogP contribution in [0.15, 0.2) is 115 Å². The summed E-state index contributed by atoms with van der Waals surface area (Å²) in [6.07, 6.45) is 0. The van der Waals surface area contributed by atoms with Crippen molar-refractivity contribution in [3.05, 3.63) is 133 Å². The molecular weight excluding hydrogens is 537 g/mol. The summed E-state index contributed by atoms with van der Waals surface area (Å²) in [6, 6.07) is 48.1. The summed E-state index contributed by atoms with van der Waals surface area (Å²) >= 11 is 0. The minimum absolute atomic E-state index is 0. The number of aromatic nitrogens is 2. The van der Waals surface area contributed by atoms with Gasteiger partial charge in [-0.2, -0.15) is 29.8 Å². The third-order valence-electron chi connectivity index (χ3n) is 7.39. The summed E-state index contributed by atoms with van der Waals surface area (Å²) < 4.78 is 4.63. The first-order valence-corrected chi connectivity index (χ1v) is 12.6. The van der Waals surface area contributed by atoms with Crippen molar-refractivity contribution in [2.24, 2.45) is 7.05 Å². The van der Waals surface area contributed by atoms with Crippen molar-refractivity contribution in [2.75, 3.05) is 0 Å². The van der Waals surface area contributed by atoms with Crippen LogP contribution in [0.25, 0.3) is 60.8 Å². The standard InChI is InChI=1S/C35H25N2.Y/c1-24-19-20-26(29-15-10-16-30-28-14-7-6-11-25(28)21-22-31(29)30)23-32(24)35-36(2)33-17-8-9-18-34(33)37(35)27-12-4-3-5-13-27;/h3-14,16-22H,1-2H3;/q-1;. The van der Waals surface area contributed by atoms with Crippen LogP contribution in [0.4, 0.5) is 0 Å². The van der Waals surface area contributed by atoms with Gasteiger partial charge in [0.05, 0.1) is 7.05 Å². The monoisotopic (exact) mass is 562 g/mol. The molecule has 179 valence electrons. The van der Waals surface area contributed by atoms with E-state index in [1.807, 2.05) is 6.07 Å². The molecule has 0 unspecified atom stereocenters. The van der Waals surface area contributed by atoms with Crippen molar-refractivity contribution in [1.29, 1.82) is 0 Å². The molecule has 0 aliphatic carbocycles. The number of nitrogens with zero attached hydrogens (tertiary/aromatic N) is 2. The molecule has 0 spiro atoms. The van der Waals surface area contributed by atoms with Gasteiger partial charge in [0.2, 0.25) is 5.82 Å². The van der Waals surface area contributed by atoms with E-state index in [4.69, 9.17) is 0 Å². The molecule has 2 nitrogen and oxygen atoms in total. The van der Waals surface area contributed by atoms with Crippen molar-refractivity contribution < 1.29 is 37.3 Å². The van der Waals surface area contributed by atoms with E-state index in [-0.39, 0.29) is 32.7 Å². The Hall–Kier alpha value is -3.59. The Morgan fingerprint density at radius 2 is 1.42 bits per heavy atom. The maximum absolute atomic E-state index is 3.82. The van der Waals surface area contributed by atoms with Gasteiger partial charge in [0.25, 0.3) is 0 Å². The molecule has 7 aromatic rings. The van der Waals surface area contributed by atoms with Crippen LogP contribution in [-0.2, 0) is 39.8 Å². The number of rotatable bonds is 3. The fourth-order valence-corrected chi connectivity index (χ4v) is 5.58. The second-order valence-electron chi connectivity index (χ2n) is 9.57. The molecule has 0 saturated heterocycles. The number of benzene rings is 6. The van der Waals surface area contributed by atoms with Crippen LogP contribution < -0.4 is 4.57 Å². The minimum atomic E-state index is 0. The molecule has 38 heavy (non-hydrogen) atoms. The zero-order chi connectivity index (χ0) is 24.9. The van der Waals surface area contributed by atoms with Crippen LogP contribution in [0.2, 0.25) is 0 Å². The topological polar surface area (TPSA) is 8.81 Å². The zero-order valence-electron chi connectivity index (χ0n) is 21.4. The average molecular weight is 563 g/mol. The van der Waals surface area contributed by atoms with Gasteiger partial charge in [0, 0.05) is 32.7 Å². The van der Waals surface area contributed by atoms with E-state index in [1.54, 1.807) is 0 Å². The van der Waals surface area contributed by atoms with Crippen molar-refractivity contribution in [2.45, 2.75) is 6.92 Å². The molecule has 0 amide bonds. The maximum atomic E-state index is 3.82. The number of hydrogen-bond donors (Lipinski definition) is 0. The zero-order valence-corrected chi connectivity index (χ0v) is 24.3. The molecular formula is C35H25N2Y-. The molecule has 1 aromatic heterocycles. The molecule has 0 N–H and O–H groups in total. The molecule has 1 radical (unpaired) electrons. The van der Waals surface area contributed by atoms with Crippen molar-refractivity contribution in [3.63, 3.8) is 0 Å². The summed E-state index contributed by atoms with van der Waals surface area (Å²) in [4.78, 5) is 0. The van der Waals surface area contributed by atoms with Crippen molar-refractivity contribution >= 4 is 32.6 Å². The first kappa shape index (κ1) is 24.7. The molecule has 0 atom stereocenters. The first-order valence-electron chi connectivity index (χ1n) is 12.6. The summed E-state index contributed by atoms with van der Waals surface area (Å²) in [7, 11) is 2.15. The smallest absolute Gasteiger partial charge is 0.229 e. The van der Waals surface area contributed by atoms with Gasteiger partial charge in [-0.25, -0.2) is 10.1 Å². The van der Waals surface area contributed by atoms with Crippen LogP contribution >= 0.6 is 0 Å². The van der Waals surface area contributed by atoms with E-state index in [9.17, 15) is 0 Å². The van der Waals surface area contributed by atoms with Gasteiger partial charge in [-0.3, -0.25) is 4.57 Å². The van der Waals surface area contributed by atoms with Crippen LogP contribution in [0, 0.1) is 19.1 Å². The van der Waals surface area contributed by atoms with Gasteiger partial charge in [-0.15, -0.1) is 34.5 Å². The second-order valence-corrected chi connectivity index (χ2v) is 9.57. The quantitative estimate of drug-likeness (QED) is 0.117. The summed E-state index contributed by atoms with van der Waals surface area (Å²) in [6.45, 7) is 2.17. The Labute approximate surface area is 248 Å². The average Bonchev–Trinajstić information content (AvgIpc) is 3.25. The van der Waals surface area contributed by atoms with Gasteiger partial charge in [0.15, 0.2) is 11.0 Å². The first-order chi connectivity index (χ1) is 18.2. The Morgan fingerprint density at radius 1 is 0.658 bits per heavy atom. The third-order valence-corrected chi connectivity index (χ3v) is 7.39. The van der Waals surface area contributed by atoms with Crippen molar-refractivity contribution in [3.8, 4) is 28.2 Å². The molecule has 0 aliphatic rings. The van der Waals surface area contributed by atoms with E-state index in [0.29, 0.717) is 0 Å². The largest absolute Gasteiger partial charge is 0.258 e. The summed E-state index contributed by atoms with van der Waals surface area (Å²) in [5.41, 5.74) is 7.89. The molecule has 0 fully saturated rings. The molecule has 0 saturated carbocycles. The minimum Gasteiger partial charge on any atom is -0.258 e. The number of hydrogen-bond acceptors (Lipinski definition) is 0. The van der Waals surface area contributed by atoms with Crippen LogP contribution in [0.1, 0.15) is 5.56 Å². The van der Waals surface area contributed by atoms with E-state index in [1.165, 1.54) is 38.1 Å². The molecule has 3 heteroatoms. The molecule has 7 rings (SSSR count). The summed E-state index contributed by atoms with van der Waals surface area (Å²) in [5.74, 6) is 1.11. The number of aryl methyl sites for hydroxylation is 2. The normalized spacial score (nSPS) is 11.2. The van der Waals surface area contributed by atoms with Gasteiger partial charge in [0.1, 0.15) is 5.69 Å². The van der Waals surface area contributed by atoms with E-state index >= 15 is 0 Å². The van der Waals surface area contributed by atoms with Crippen LogP contribution in [-0.4, -0.2) is 4.57 Å². The Balaban J connectivity index is 0.00000264. The molecule has 6 aromatic carbocycles. The van der Waals surface area contributed by atoms with Crippen LogP contribution in [0.5, 0.6) is 0 Å². The molecule has 0 bridgehead atoms. The fraction of sp³-hybridized carbons (Fsp3) is 0.0571. The van der Waals surface area contributed by atoms with Crippen molar-refractivity contribution in [1.82, 2.24) is 4.57 Å². The fourth-order valence-electron chi connectivity index (χ4n) is 5.58. The van der Waals surface area contributed by atoms with E-state index in [0.717, 1.165) is 28.2 Å². The van der Waals surface area contributed by atoms with E-state index < -0.39 is 0 Å². The Morgan fingerprint density at radius 3 is 2.29 bits per heavy atom. The molecule has 1 heterocycles. The van der Waals surface area contributed by atoms with Gasteiger partial charge < -0.3 is 0 Å². The number of imidazole rings is 1. The SMILES string of the molecule is Cc1ccc(-c2[c-]ccc3c2ccc2ccccc23)[c-]c1-c1n(-c2ccccc2)c2ccccc2[n+]1C.[Y]. The predicted molar refractivity (Wildman–Crippen MR) is 153 cm³/mol. The maximum Gasteiger partial charge on any atom is 0.229 e. The number of fused-ring (bicyclic) bond motifs is 4. The summed E-state index contributed by atoms with van der Waals surface area (Å²) in [5, 5.41) is 4.95. The van der Waals surface area contributed by atoms with Crippen LogP contribution in [0.3, 0.4) is 0 Å². The Bertz CT molecular complexity index is 1950.